The standard InChI is InChI=1S/C22H33N5O/c1-3-11-27(12-4-2)22-24-20(19-8-6-5-7-9-19)18-21(25-22)23-10-13-26-14-16-28-17-15-26/h5-9,18H,3-4,10-17H2,1-2H3,(H,23,24,25). The van der Waals surface area contributed by atoms with Crippen molar-refractivity contribution < 1.29 is 4.74 Å². The normalized spacial score (nSPS) is 14.8. The van der Waals surface area contributed by atoms with Gasteiger partial charge in [-0.2, -0.15) is 4.98 Å². The highest BCUT2D eigenvalue weighted by Crippen LogP contribution is 2.23. The van der Waals surface area contributed by atoms with E-state index in [4.69, 9.17) is 14.7 Å². The van der Waals surface area contributed by atoms with Gasteiger partial charge in [0.05, 0.1) is 18.9 Å². The van der Waals surface area contributed by atoms with Gasteiger partial charge in [0, 0.05) is 50.9 Å². The van der Waals surface area contributed by atoms with Crippen LogP contribution in [0.1, 0.15) is 26.7 Å². The van der Waals surface area contributed by atoms with Gasteiger partial charge in [-0.05, 0) is 12.8 Å². The summed E-state index contributed by atoms with van der Waals surface area (Å²) in [6.07, 6.45) is 2.16. The maximum atomic E-state index is 5.43. The minimum atomic E-state index is 0.818. The second-order valence-electron chi connectivity index (χ2n) is 7.17. The molecule has 0 atom stereocenters. The van der Waals surface area contributed by atoms with Crippen molar-refractivity contribution in [2.24, 2.45) is 0 Å². The van der Waals surface area contributed by atoms with Crippen LogP contribution in [0.25, 0.3) is 11.3 Å². The van der Waals surface area contributed by atoms with Crippen molar-refractivity contribution in [3.05, 3.63) is 36.4 Å². The fourth-order valence-electron chi connectivity index (χ4n) is 3.44. The third-order valence-electron chi connectivity index (χ3n) is 4.89. The Morgan fingerprint density at radius 3 is 2.43 bits per heavy atom. The molecule has 0 bridgehead atoms. The average Bonchev–Trinajstić information content (AvgIpc) is 2.75. The zero-order valence-electron chi connectivity index (χ0n) is 17.2. The van der Waals surface area contributed by atoms with Crippen LogP contribution in [0.3, 0.4) is 0 Å². The summed E-state index contributed by atoms with van der Waals surface area (Å²) in [5, 5.41) is 3.52. The highest BCUT2D eigenvalue weighted by Gasteiger charge is 2.13. The van der Waals surface area contributed by atoms with Gasteiger partial charge in [0.15, 0.2) is 0 Å². The quantitative estimate of drug-likeness (QED) is 0.678. The van der Waals surface area contributed by atoms with E-state index in [0.29, 0.717) is 0 Å². The molecule has 0 amide bonds. The van der Waals surface area contributed by atoms with Crippen LogP contribution >= 0.6 is 0 Å². The van der Waals surface area contributed by atoms with Crippen molar-refractivity contribution in [2.45, 2.75) is 26.7 Å². The molecule has 1 aliphatic rings. The Morgan fingerprint density at radius 1 is 1.04 bits per heavy atom. The van der Waals surface area contributed by atoms with Gasteiger partial charge in [-0.15, -0.1) is 0 Å². The Hall–Kier alpha value is -2.18. The van der Waals surface area contributed by atoms with Gasteiger partial charge in [0.25, 0.3) is 0 Å². The number of nitrogens with one attached hydrogen (secondary N) is 1. The van der Waals surface area contributed by atoms with E-state index in [2.05, 4.69) is 59.3 Å². The molecule has 152 valence electrons. The summed E-state index contributed by atoms with van der Waals surface area (Å²) >= 11 is 0. The first kappa shape index (κ1) is 20.6. The molecular weight excluding hydrogens is 350 g/mol. The zero-order valence-corrected chi connectivity index (χ0v) is 17.2. The van der Waals surface area contributed by atoms with Crippen molar-refractivity contribution >= 4 is 11.8 Å². The highest BCUT2D eigenvalue weighted by molar-refractivity contribution is 5.64. The van der Waals surface area contributed by atoms with Gasteiger partial charge in [0.2, 0.25) is 5.95 Å². The molecule has 0 saturated carbocycles. The topological polar surface area (TPSA) is 53.5 Å². The van der Waals surface area contributed by atoms with E-state index in [1.807, 2.05) is 6.07 Å². The van der Waals surface area contributed by atoms with Crippen LogP contribution in [0.2, 0.25) is 0 Å². The maximum Gasteiger partial charge on any atom is 0.227 e. The van der Waals surface area contributed by atoms with Crippen molar-refractivity contribution in [1.82, 2.24) is 14.9 Å². The molecule has 1 aliphatic heterocycles. The number of ether oxygens (including phenoxy) is 1. The molecule has 6 nitrogen and oxygen atoms in total. The molecule has 0 aliphatic carbocycles. The van der Waals surface area contributed by atoms with Gasteiger partial charge >= 0.3 is 0 Å². The predicted molar refractivity (Wildman–Crippen MR) is 116 cm³/mol. The van der Waals surface area contributed by atoms with Crippen molar-refractivity contribution in [2.75, 3.05) is 62.7 Å². The number of rotatable bonds is 10. The molecule has 2 heterocycles. The third kappa shape index (κ3) is 5.91. The van der Waals surface area contributed by atoms with Crippen LogP contribution in [0.4, 0.5) is 11.8 Å². The van der Waals surface area contributed by atoms with E-state index >= 15 is 0 Å². The summed E-state index contributed by atoms with van der Waals surface area (Å²) in [5.74, 6) is 1.72. The van der Waals surface area contributed by atoms with Crippen LogP contribution in [0, 0.1) is 0 Å². The molecule has 1 aromatic heterocycles. The second kappa shape index (κ2) is 11.0. The van der Waals surface area contributed by atoms with Gasteiger partial charge in [0.1, 0.15) is 5.82 Å². The molecule has 0 unspecified atom stereocenters. The molecule has 0 spiro atoms. The van der Waals surface area contributed by atoms with Crippen LogP contribution < -0.4 is 10.2 Å². The van der Waals surface area contributed by atoms with E-state index in [1.165, 1.54) is 0 Å². The SMILES string of the molecule is CCCN(CCC)c1nc(NCCN2CCOCC2)cc(-c2ccccc2)n1. The molecule has 1 aromatic carbocycles. The number of nitrogens with zero attached hydrogens (tertiary/aromatic N) is 4. The van der Waals surface area contributed by atoms with Gasteiger partial charge in [-0.1, -0.05) is 44.2 Å². The molecule has 1 N–H and O–H groups in total. The first-order valence-corrected chi connectivity index (χ1v) is 10.5. The monoisotopic (exact) mass is 383 g/mol. The first-order valence-electron chi connectivity index (χ1n) is 10.5. The summed E-state index contributed by atoms with van der Waals surface area (Å²) in [5.41, 5.74) is 2.09. The van der Waals surface area contributed by atoms with Crippen LogP contribution in [-0.4, -0.2) is 67.4 Å². The number of hydrogen-bond acceptors (Lipinski definition) is 6. The zero-order chi connectivity index (χ0) is 19.6. The van der Waals surface area contributed by atoms with E-state index in [0.717, 1.165) is 88.3 Å². The number of anilines is 2. The maximum absolute atomic E-state index is 5.43. The minimum Gasteiger partial charge on any atom is -0.379 e. The average molecular weight is 384 g/mol. The Morgan fingerprint density at radius 2 is 1.75 bits per heavy atom. The highest BCUT2D eigenvalue weighted by atomic mass is 16.5. The van der Waals surface area contributed by atoms with Gasteiger partial charge in [-0.25, -0.2) is 4.98 Å². The van der Waals surface area contributed by atoms with E-state index < -0.39 is 0 Å². The number of hydrogen-bond donors (Lipinski definition) is 1. The molecule has 2 aromatic rings. The lowest BCUT2D eigenvalue weighted by molar-refractivity contribution is 0.0398. The fraction of sp³-hybridized carbons (Fsp3) is 0.545. The van der Waals surface area contributed by atoms with Gasteiger partial charge in [-0.3, -0.25) is 4.90 Å². The summed E-state index contributed by atoms with van der Waals surface area (Å²) < 4.78 is 5.43. The van der Waals surface area contributed by atoms with Crippen LogP contribution in [0.5, 0.6) is 0 Å². The predicted octanol–water partition coefficient (Wildman–Crippen LogP) is 3.51. The molecule has 3 rings (SSSR count). The van der Waals surface area contributed by atoms with Crippen LogP contribution in [0.15, 0.2) is 36.4 Å². The molecule has 1 saturated heterocycles. The Balaban J connectivity index is 1.77. The van der Waals surface area contributed by atoms with E-state index in [-0.39, 0.29) is 0 Å². The molecule has 28 heavy (non-hydrogen) atoms. The molecule has 6 heteroatoms. The van der Waals surface area contributed by atoms with E-state index in [1.54, 1.807) is 0 Å². The lowest BCUT2D eigenvalue weighted by atomic mass is 10.1. The lowest BCUT2D eigenvalue weighted by Gasteiger charge is -2.27. The Kier molecular flexibility index (Phi) is 8.06. The third-order valence-corrected chi connectivity index (χ3v) is 4.89. The molecule has 0 radical (unpaired) electrons. The fourth-order valence-corrected chi connectivity index (χ4v) is 3.44. The summed E-state index contributed by atoms with van der Waals surface area (Å²) in [4.78, 5) is 14.4. The minimum absolute atomic E-state index is 0.818. The van der Waals surface area contributed by atoms with Crippen molar-refractivity contribution in [3.8, 4) is 11.3 Å². The van der Waals surface area contributed by atoms with Gasteiger partial charge < -0.3 is 15.0 Å². The first-order chi connectivity index (χ1) is 13.8. The lowest BCUT2D eigenvalue weighted by Crippen LogP contribution is -2.39. The van der Waals surface area contributed by atoms with E-state index in [9.17, 15) is 0 Å². The Labute approximate surface area is 168 Å². The van der Waals surface area contributed by atoms with Crippen LogP contribution in [-0.2, 0) is 4.74 Å². The summed E-state index contributed by atoms with van der Waals surface area (Å²) in [6.45, 7) is 11.9. The number of aromatic nitrogens is 2. The smallest absolute Gasteiger partial charge is 0.227 e. The second-order valence-corrected chi connectivity index (χ2v) is 7.17. The largest absolute Gasteiger partial charge is 0.379 e. The molecule has 1 fully saturated rings. The number of morpholine rings is 1. The summed E-state index contributed by atoms with van der Waals surface area (Å²) in [7, 11) is 0. The Bertz CT molecular complexity index is 697. The van der Waals surface area contributed by atoms with Crippen molar-refractivity contribution in [3.63, 3.8) is 0 Å². The summed E-state index contributed by atoms with van der Waals surface area (Å²) in [6, 6.07) is 12.4. The molecular formula is C22H33N5O. The van der Waals surface area contributed by atoms with Crippen molar-refractivity contribution in [1.29, 1.82) is 0 Å². The number of benzene rings is 1.